The number of hydrogen-bond donors (Lipinski definition) is 1. The number of carbonyl (C=O) groups excluding carboxylic acids is 1. The van der Waals surface area contributed by atoms with Crippen LogP contribution < -0.4 is 5.32 Å². The third-order valence-corrected chi connectivity index (χ3v) is 4.19. The van der Waals surface area contributed by atoms with Gasteiger partial charge in [-0.05, 0) is 23.6 Å². The van der Waals surface area contributed by atoms with Gasteiger partial charge in [0.2, 0.25) is 0 Å². The van der Waals surface area contributed by atoms with Gasteiger partial charge in [-0.1, -0.05) is 51.8 Å². The lowest BCUT2D eigenvalue weighted by Gasteiger charge is -2.21. The van der Waals surface area contributed by atoms with Crippen LogP contribution in [0.4, 0.5) is 0 Å². The molecule has 0 unspecified atom stereocenters. The fourth-order valence-electron chi connectivity index (χ4n) is 1.10. The summed E-state index contributed by atoms with van der Waals surface area (Å²) in [5.74, 6) is -0.0321. The normalized spacial score (nSPS) is 11.2. The first-order chi connectivity index (χ1) is 7.44. The molecule has 0 spiro atoms. The smallest absolute Gasteiger partial charge is 0.251 e. The van der Waals surface area contributed by atoms with Gasteiger partial charge >= 0.3 is 0 Å². The van der Waals surface area contributed by atoms with Gasteiger partial charge in [0.05, 0.1) is 0 Å². The van der Waals surface area contributed by atoms with Crippen molar-refractivity contribution < 1.29 is 4.79 Å². The van der Waals surface area contributed by atoms with E-state index in [1.54, 1.807) is 6.07 Å². The van der Waals surface area contributed by atoms with Gasteiger partial charge in [-0.2, -0.15) is 0 Å². The predicted octanol–water partition coefficient (Wildman–Crippen LogP) is 3.60. The summed E-state index contributed by atoms with van der Waals surface area (Å²) in [6.45, 7) is 4.86. The van der Waals surface area contributed by atoms with E-state index in [2.05, 4.69) is 51.0 Å². The van der Waals surface area contributed by atoms with Crippen LogP contribution in [0.1, 0.15) is 24.2 Å². The zero-order valence-electron chi connectivity index (χ0n) is 9.39. The van der Waals surface area contributed by atoms with Crippen LogP contribution in [0.25, 0.3) is 0 Å². The summed E-state index contributed by atoms with van der Waals surface area (Å²) in [7, 11) is 0. The van der Waals surface area contributed by atoms with Crippen molar-refractivity contribution in [3.8, 4) is 0 Å². The Balaban J connectivity index is 2.60. The summed E-state index contributed by atoms with van der Waals surface area (Å²) < 4.78 is 0.917. The topological polar surface area (TPSA) is 29.1 Å². The van der Waals surface area contributed by atoms with Gasteiger partial charge in [0.25, 0.3) is 5.91 Å². The number of hydrogen-bond acceptors (Lipinski definition) is 1. The van der Waals surface area contributed by atoms with E-state index in [1.165, 1.54) is 0 Å². The number of alkyl halides is 1. The van der Waals surface area contributed by atoms with Crippen molar-refractivity contribution in [1.29, 1.82) is 0 Å². The quantitative estimate of drug-likeness (QED) is 0.827. The molecular formula is C12H15Br2NO. The highest BCUT2D eigenvalue weighted by Crippen LogP contribution is 2.17. The first-order valence-electron chi connectivity index (χ1n) is 5.04. The highest BCUT2D eigenvalue weighted by molar-refractivity contribution is 9.10. The molecule has 1 aromatic rings. The van der Waals surface area contributed by atoms with E-state index >= 15 is 0 Å². The minimum absolute atomic E-state index is 0.0321. The number of rotatable bonds is 4. The van der Waals surface area contributed by atoms with Crippen LogP contribution in [-0.2, 0) is 0 Å². The third-order valence-electron chi connectivity index (χ3n) is 2.18. The van der Waals surface area contributed by atoms with Crippen molar-refractivity contribution in [2.75, 3.05) is 11.9 Å². The lowest BCUT2D eigenvalue weighted by Crippen LogP contribution is -2.34. The fraction of sp³-hybridized carbons (Fsp3) is 0.417. The van der Waals surface area contributed by atoms with E-state index < -0.39 is 0 Å². The van der Waals surface area contributed by atoms with Crippen LogP contribution in [-0.4, -0.2) is 17.8 Å². The van der Waals surface area contributed by atoms with Crippen LogP contribution in [0.5, 0.6) is 0 Å². The second-order valence-corrected chi connectivity index (χ2v) is 5.97. The van der Waals surface area contributed by atoms with Crippen molar-refractivity contribution in [2.24, 2.45) is 5.41 Å². The van der Waals surface area contributed by atoms with Gasteiger partial charge in [0.1, 0.15) is 0 Å². The van der Waals surface area contributed by atoms with E-state index in [9.17, 15) is 4.79 Å². The molecule has 2 nitrogen and oxygen atoms in total. The summed E-state index contributed by atoms with van der Waals surface area (Å²) in [6.07, 6.45) is 0. The molecule has 0 aliphatic heterocycles. The Bertz CT molecular complexity index is 377. The standard InChI is InChI=1S/C12H15Br2NO/c1-12(2,7-13)8-15-11(16)9-4-3-5-10(14)6-9/h3-6H,7-8H2,1-2H3,(H,15,16). The van der Waals surface area contributed by atoms with Crippen LogP contribution >= 0.6 is 31.9 Å². The van der Waals surface area contributed by atoms with E-state index in [-0.39, 0.29) is 11.3 Å². The number of benzene rings is 1. The highest BCUT2D eigenvalue weighted by Gasteiger charge is 2.17. The molecule has 1 rings (SSSR count). The molecule has 0 fully saturated rings. The van der Waals surface area contributed by atoms with Gasteiger partial charge in [-0.25, -0.2) is 0 Å². The molecule has 0 aromatic heterocycles. The largest absolute Gasteiger partial charge is 0.351 e. The lowest BCUT2D eigenvalue weighted by atomic mass is 9.97. The molecule has 0 atom stereocenters. The van der Waals surface area contributed by atoms with Gasteiger partial charge < -0.3 is 5.32 Å². The molecule has 0 heterocycles. The first-order valence-corrected chi connectivity index (χ1v) is 6.96. The summed E-state index contributed by atoms with van der Waals surface area (Å²) >= 11 is 6.78. The lowest BCUT2D eigenvalue weighted by molar-refractivity contribution is 0.0940. The van der Waals surface area contributed by atoms with Crippen molar-refractivity contribution >= 4 is 37.8 Å². The summed E-state index contributed by atoms with van der Waals surface area (Å²) in [6, 6.07) is 7.38. The average Bonchev–Trinajstić information content (AvgIpc) is 2.26. The molecule has 0 saturated carbocycles. The predicted molar refractivity (Wildman–Crippen MR) is 74.1 cm³/mol. The van der Waals surface area contributed by atoms with Crippen LogP contribution in [0.15, 0.2) is 28.7 Å². The van der Waals surface area contributed by atoms with Gasteiger partial charge in [0.15, 0.2) is 0 Å². The summed E-state index contributed by atoms with van der Waals surface area (Å²) in [5, 5.41) is 3.79. The molecule has 1 aromatic carbocycles. The number of amides is 1. The van der Waals surface area contributed by atoms with Gasteiger partial charge in [-0.15, -0.1) is 0 Å². The van der Waals surface area contributed by atoms with Gasteiger partial charge in [-0.3, -0.25) is 4.79 Å². The molecule has 88 valence electrons. The second-order valence-electron chi connectivity index (χ2n) is 4.49. The molecule has 0 radical (unpaired) electrons. The van der Waals surface area contributed by atoms with E-state index in [1.807, 2.05) is 18.2 Å². The van der Waals surface area contributed by atoms with E-state index in [0.717, 1.165) is 9.80 Å². The minimum Gasteiger partial charge on any atom is -0.351 e. The molecular weight excluding hydrogens is 334 g/mol. The van der Waals surface area contributed by atoms with Crippen molar-refractivity contribution in [2.45, 2.75) is 13.8 Å². The zero-order chi connectivity index (χ0) is 12.2. The Kier molecular flexibility index (Phi) is 4.99. The Labute approximate surface area is 113 Å². The van der Waals surface area contributed by atoms with Crippen LogP contribution in [0, 0.1) is 5.41 Å². The molecule has 1 amide bonds. The molecule has 0 aliphatic rings. The third kappa shape index (κ3) is 4.26. The molecule has 0 aliphatic carbocycles. The van der Waals surface area contributed by atoms with Gasteiger partial charge in [0, 0.05) is 21.9 Å². The number of nitrogens with one attached hydrogen (secondary N) is 1. The SMILES string of the molecule is CC(C)(CBr)CNC(=O)c1cccc(Br)c1. The Morgan fingerprint density at radius 2 is 2.12 bits per heavy atom. The molecule has 16 heavy (non-hydrogen) atoms. The average molecular weight is 349 g/mol. The van der Waals surface area contributed by atoms with E-state index in [0.29, 0.717) is 12.1 Å². The zero-order valence-corrected chi connectivity index (χ0v) is 12.6. The monoisotopic (exact) mass is 347 g/mol. The van der Waals surface area contributed by atoms with Crippen molar-refractivity contribution in [3.63, 3.8) is 0 Å². The maximum absolute atomic E-state index is 11.8. The van der Waals surface area contributed by atoms with Crippen LogP contribution in [0.3, 0.4) is 0 Å². The maximum atomic E-state index is 11.8. The van der Waals surface area contributed by atoms with Crippen molar-refractivity contribution in [3.05, 3.63) is 34.3 Å². The first kappa shape index (κ1) is 13.7. The fourth-order valence-corrected chi connectivity index (χ4v) is 1.70. The maximum Gasteiger partial charge on any atom is 0.251 e. The Morgan fingerprint density at radius 3 is 2.69 bits per heavy atom. The van der Waals surface area contributed by atoms with Crippen molar-refractivity contribution in [1.82, 2.24) is 5.32 Å². The Morgan fingerprint density at radius 1 is 1.44 bits per heavy atom. The molecule has 0 bridgehead atoms. The molecule has 1 N–H and O–H groups in total. The Hall–Kier alpha value is -0.350. The number of halogens is 2. The molecule has 4 heteroatoms. The highest BCUT2D eigenvalue weighted by atomic mass is 79.9. The van der Waals surface area contributed by atoms with Crippen LogP contribution in [0.2, 0.25) is 0 Å². The number of carbonyl (C=O) groups is 1. The molecule has 0 saturated heterocycles. The summed E-state index contributed by atoms with van der Waals surface area (Å²) in [4.78, 5) is 11.8. The minimum atomic E-state index is -0.0321. The van der Waals surface area contributed by atoms with E-state index in [4.69, 9.17) is 0 Å². The summed E-state index contributed by atoms with van der Waals surface area (Å²) in [5.41, 5.74) is 0.751. The second kappa shape index (κ2) is 5.82.